The van der Waals surface area contributed by atoms with Crippen LogP contribution in [0.15, 0.2) is 0 Å². The number of aliphatic carboxylic acids is 1. The first-order valence-corrected chi connectivity index (χ1v) is 7.82. The zero-order valence-corrected chi connectivity index (χ0v) is 12.7. The van der Waals surface area contributed by atoms with Crippen molar-refractivity contribution in [2.45, 2.75) is 58.0 Å². The molecule has 0 aromatic heterocycles. The number of hydrogen-bond donors (Lipinski definition) is 1. The van der Waals surface area contributed by atoms with E-state index in [0.717, 1.165) is 19.3 Å². The van der Waals surface area contributed by atoms with Crippen molar-refractivity contribution in [3.05, 3.63) is 0 Å². The third kappa shape index (κ3) is 3.04. The first-order chi connectivity index (χ1) is 9.99. The molecule has 0 bridgehead atoms. The predicted octanol–water partition coefficient (Wildman–Crippen LogP) is 1.10. The van der Waals surface area contributed by atoms with Crippen molar-refractivity contribution in [1.29, 1.82) is 0 Å². The van der Waals surface area contributed by atoms with Crippen LogP contribution < -0.4 is 0 Å². The molecule has 0 aromatic carbocycles. The average molecular weight is 296 g/mol. The van der Waals surface area contributed by atoms with Crippen LogP contribution >= 0.6 is 0 Å². The Labute approximate surface area is 125 Å². The Bertz CT molecular complexity index is 433. The Hall–Kier alpha value is -1.59. The Morgan fingerprint density at radius 2 is 2.00 bits per heavy atom. The second kappa shape index (κ2) is 6.45. The lowest BCUT2D eigenvalue weighted by atomic mass is 10.1. The van der Waals surface area contributed by atoms with Gasteiger partial charge in [0.05, 0.1) is 5.92 Å². The van der Waals surface area contributed by atoms with Gasteiger partial charge >= 0.3 is 5.97 Å². The number of carboxylic acid groups (broad SMARTS) is 1. The Balaban J connectivity index is 2.04. The fourth-order valence-corrected chi connectivity index (χ4v) is 3.50. The van der Waals surface area contributed by atoms with E-state index < -0.39 is 12.0 Å². The lowest BCUT2D eigenvalue weighted by molar-refractivity contribution is -0.149. The van der Waals surface area contributed by atoms with Gasteiger partial charge in [-0.05, 0) is 25.7 Å². The van der Waals surface area contributed by atoms with Crippen molar-refractivity contribution in [3.8, 4) is 0 Å². The fourth-order valence-electron chi connectivity index (χ4n) is 3.50. The molecule has 0 radical (unpaired) electrons. The molecule has 6 heteroatoms. The van der Waals surface area contributed by atoms with Crippen molar-refractivity contribution >= 4 is 17.8 Å². The minimum Gasteiger partial charge on any atom is -0.480 e. The van der Waals surface area contributed by atoms with Crippen LogP contribution in [0.1, 0.15) is 46.0 Å². The van der Waals surface area contributed by atoms with E-state index >= 15 is 0 Å². The summed E-state index contributed by atoms with van der Waals surface area (Å²) in [5.41, 5.74) is 0. The molecule has 0 spiro atoms. The van der Waals surface area contributed by atoms with E-state index in [1.807, 2.05) is 13.8 Å². The summed E-state index contributed by atoms with van der Waals surface area (Å²) in [5, 5.41) is 9.17. The minimum atomic E-state index is -0.943. The van der Waals surface area contributed by atoms with Gasteiger partial charge in [0, 0.05) is 25.6 Å². The fraction of sp³-hybridized carbons (Fsp3) is 0.800. The van der Waals surface area contributed by atoms with E-state index in [-0.39, 0.29) is 30.2 Å². The van der Waals surface area contributed by atoms with Crippen LogP contribution in [0.2, 0.25) is 0 Å². The topological polar surface area (TPSA) is 77.9 Å². The van der Waals surface area contributed by atoms with Gasteiger partial charge in [0.2, 0.25) is 11.8 Å². The van der Waals surface area contributed by atoms with E-state index in [2.05, 4.69) is 0 Å². The monoisotopic (exact) mass is 296 g/mol. The molecular formula is C15H24N2O4. The van der Waals surface area contributed by atoms with Crippen LogP contribution in [0.4, 0.5) is 0 Å². The van der Waals surface area contributed by atoms with Crippen molar-refractivity contribution in [2.24, 2.45) is 5.92 Å². The van der Waals surface area contributed by atoms with E-state index in [4.69, 9.17) is 0 Å². The number of carbonyl (C=O) groups is 3. The molecule has 2 fully saturated rings. The third-order valence-corrected chi connectivity index (χ3v) is 4.71. The molecular weight excluding hydrogens is 272 g/mol. The maximum absolute atomic E-state index is 12.5. The molecule has 118 valence electrons. The number of rotatable bonds is 5. The van der Waals surface area contributed by atoms with Crippen molar-refractivity contribution in [3.63, 3.8) is 0 Å². The number of carboxylic acids is 1. The highest BCUT2D eigenvalue weighted by Crippen LogP contribution is 2.27. The number of nitrogens with zero attached hydrogens (tertiary/aromatic N) is 2. The molecule has 6 nitrogen and oxygen atoms in total. The summed E-state index contributed by atoms with van der Waals surface area (Å²) in [6.45, 7) is 5.01. The molecule has 2 heterocycles. The summed E-state index contributed by atoms with van der Waals surface area (Å²) in [4.78, 5) is 39.1. The van der Waals surface area contributed by atoms with Crippen LogP contribution in [0.3, 0.4) is 0 Å². The van der Waals surface area contributed by atoms with E-state index in [0.29, 0.717) is 19.5 Å². The SMILES string of the molecule is CCC(CC)N1CC(C(=O)N2CCC[C@H]2C(=O)O)CC1=O. The largest absolute Gasteiger partial charge is 0.480 e. The molecule has 21 heavy (non-hydrogen) atoms. The molecule has 0 aliphatic carbocycles. The Morgan fingerprint density at radius 1 is 1.33 bits per heavy atom. The Morgan fingerprint density at radius 3 is 2.57 bits per heavy atom. The van der Waals surface area contributed by atoms with Crippen LogP contribution in [0.25, 0.3) is 0 Å². The van der Waals surface area contributed by atoms with Gasteiger partial charge in [0.15, 0.2) is 0 Å². The summed E-state index contributed by atoms with van der Waals surface area (Å²) >= 11 is 0. The highest BCUT2D eigenvalue weighted by atomic mass is 16.4. The van der Waals surface area contributed by atoms with Gasteiger partial charge in [-0.2, -0.15) is 0 Å². The summed E-state index contributed by atoms with van der Waals surface area (Å²) in [6, 6.07) is -0.529. The second-order valence-corrected chi connectivity index (χ2v) is 5.95. The molecule has 0 saturated carbocycles. The van der Waals surface area contributed by atoms with Crippen LogP contribution in [-0.2, 0) is 14.4 Å². The predicted molar refractivity (Wildman–Crippen MR) is 76.6 cm³/mol. The zero-order valence-electron chi connectivity index (χ0n) is 12.7. The molecule has 2 aliphatic rings. The standard InChI is InChI=1S/C15H24N2O4/c1-3-11(4-2)17-9-10(8-13(17)18)14(19)16-7-5-6-12(16)15(20)21/h10-12H,3-9H2,1-2H3,(H,20,21)/t10?,12-/m0/s1. The molecule has 2 rings (SSSR count). The van der Waals surface area contributed by atoms with Crippen molar-refractivity contribution < 1.29 is 19.5 Å². The van der Waals surface area contributed by atoms with Gasteiger partial charge in [-0.3, -0.25) is 9.59 Å². The van der Waals surface area contributed by atoms with Crippen LogP contribution in [-0.4, -0.2) is 57.9 Å². The van der Waals surface area contributed by atoms with Crippen LogP contribution in [0, 0.1) is 5.92 Å². The summed E-state index contributed by atoms with van der Waals surface area (Å²) < 4.78 is 0. The van der Waals surface area contributed by atoms with E-state index in [9.17, 15) is 19.5 Å². The average Bonchev–Trinajstić information content (AvgIpc) is 3.07. The lowest BCUT2D eigenvalue weighted by Gasteiger charge is -2.27. The molecule has 0 aromatic rings. The van der Waals surface area contributed by atoms with Gasteiger partial charge in [0.1, 0.15) is 6.04 Å². The molecule has 2 aliphatic heterocycles. The summed E-state index contributed by atoms with van der Waals surface area (Å²) in [6.07, 6.45) is 3.21. The maximum Gasteiger partial charge on any atom is 0.326 e. The van der Waals surface area contributed by atoms with Gasteiger partial charge in [-0.25, -0.2) is 4.79 Å². The number of likely N-dealkylation sites (tertiary alicyclic amines) is 2. The smallest absolute Gasteiger partial charge is 0.326 e. The number of hydrogen-bond acceptors (Lipinski definition) is 3. The van der Waals surface area contributed by atoms with Gasteiger partial charge < -0.3 is 14.9 Å². The molecule has 1 unspecified atom stereocenters. The van der Waals surface area contributed by atoms with Gasteiger partial charge in [-0.1, -0.05) is 13.8 Å². The van der Waals surface area contributed by atoms with Gasteiger partial charge in [-0.15, -0.1) is 0 Å². The summed E-state index contributed by atoms with van der Waals surface area (Å²) in [7, 11) is 0. The van der Waals surface area contributed by atoms with Crippen molar-refractivity contribution in [1.82, 2.24) is 9.80 Å². The molecule has 2 atom stereocenters. The summed E-state index contributed by atoms with van der Waals surface area (Å²) in [5.74, 6) is -1.46. The van der Waals surface area contributed by atoms with Crippen molar-refractivity contribution in [2.75, 3.05) is 13.1 Å². The third-order valence-electron chi connectivity index (χ3n) is 4.71. The number of carbonyl (C=O) groups excluding carboxylic acids is 2. The van der Waals surface area contributed by atoms with Crippen LogP contribution in [0.5, 0.6) is 0 Å². The number of amides is 2. The van der Waals surface area contributed by atoms with Gasteiger partial charge in [0.25, 0.3) is 0 Å². The second-order valence-electron chi connectivity index (χ2n) is 5.95. The first kappa shape index (κ1) is 15.8. The maximum atomic E-state index is 12.5. The van der Waals surface area contributed by atoms with E-state index in [1.54, 1.807) is 4.90 Å². The first-order valence-electron chi connectivity index (χ1n) is 7.82. The Kier molecular flexibility index (Phi) is 4.85. The zero-order chi connectivity index (χ0) is 15.6. The minimum absolute atomic E-state index is 0.0214. The quantitative estimate of drug-likeness (QED) is 0.824. The molecule has 2 amide bonds. The van der Waals surface area contributed by atoms with E-state index in [1.165, 1.54) is 4.90 Å². The molecule has 1 N–H and O–H groups in total. The highest BCUT2D eigenvalue weighted by Gasteiger charge is 2.42. The lowest BCUT2D eigenvalue weighted by Crippen LogP contribution is -2.44. The normalized spacial score (nSPS) is 26.0. The highest BCUT2D eigenvalue weighted by molar-refractivity contribution is 5.91. The molecule has 2 saturated heterocycles.